The molecule has 0 saturated carbocycles. The van der Waals surface area contributed by atoms with E-state index in [4.69, 9.17) is 21.1 Å². The average Bonchev–Trinajstić information content (AvgIpc) is 2.86. The number of benzene rings is 1. The van der Waals surface area contributed by atoms with E-state index < -0.39 is 0 Å². The van der Waals surface area contributed by atoms with E-state index in [1.807, 2.05) is 18.2 Å². The van der Waals surface area contributed by atoms with Crippen molar-refractivity contribution in [3.8, 4) is 22.9 Å². The lowest BCUT2D eigenvalue weighted by Gasteiger charge is -2.07. The van der Waals surface area contributed by atoms with E-state index in [0.29, 0.717) is 29.0 Å². The first-order chi connectivity index (χ1) is 8.28. The fourth-order valence-electron chi connectivity index (χ4n) is 1.46. The maximum atomic E-state index is 5.66. The van der Waals surface area contributed by atoms with Gasteiger partial charge in [-0.25, -0.2) is 4.98 Å². The minimum Gasteiger partial charge on any atom is -0.493 e. The fraction of sp³-hybridized carbons (Fsp3) is 0.273. The van der Waals surface area contributed by atoms with Crippen LogP contribution < -0.4 is 9.47 Å². The molecule has 2 aromatic rings. The second-order valence-corrected chi connectivity index (χ2v) is 3.58. The predicted octanol–water partition coefficient (Wildman–Crippen LogP) is 2.23. The van der Waals surface area contributed by atoms with Gasteiger partial charge in [-0.2, -0.15) is 5.10 Å². The third-order valence-corrected chi connectivity index (χ3v) is 2.55. The molecule has 0 bridgehead atoms. The molecule has 0 fully saturated rings. The van der Waals surface area contributed by atoms with Gasteiger partial charge < -0.3 is 9.47 Å². The van der Waals surface area contributed by atoms with Crippen LogP contribution in [0.2, 0.25) is 0 Å². The molecule has 6 heteroatoms. The van der Waals surface area contributed by atoms with Crippen molar-refractivity contribution in [1.29, 1.82) is 0 Å². The molecule has 0 aliphatic heterocycles. The molecular formula is C11H12ClN3O2. The van der Waals surface area contributed by atoms with Gasteiger partial charge in [0.05, 0.1) is 20.1 Å². The molecule has 2 rings (SSSR count). The zero-order valence-corrected chi connectivity index (χ0v) is 10.3. The van der Waals surface area contributed by atoms with E-state index in [1.165, 1.54) is 0 Å². The summed E-state index contributed by atoms with van der Waals surface area (Å²) in [6.07, 6.45) is 0. The molecule has 0 atom stereocenters. The summed E-state index contributed by atoms with van der Waals surface area (Å²) in [5.41, 5.74) is 0.843. The Kier molecular flexibility index (Phi) is 3.49. The van der Waals surface area contributed by atoms with Crippen LogP contribution in [0.4, 0.5) is 0 Å². The largest absolute Gasteiger partial charge is 0.493 e. The summed E-state index contributed by atoms with van der Waals surface area (Å²) >= 11 is 5.66. The van der Waals surface area contributed by atoms with E-state index in [-0.39, 0.29) is 0 Å². The highest BCUT2D eigenvalue weighted by molar-refractivity contribution is 6.16. The summed E-state index contributed by atoms with van der Waals surface area (Å²) in [6.45, 7) is 0. The zero-order chi connectivity index (χ0) is 12.3. The second-order valence-electron chi connectivity index (χ2n) is 3.31. The van der Waals surface area contributed by atoms with Crippen LogP contribution in [0.15, 0.2) is 18.2 Å². The van der Waals surface area contributed by atoms with Crippen LogP contribution in [-0.4, -0.2) is 29.4 Å². The molecule has 90 valence electrons. The van der Waals surface area contributed by atoms with E-state index in [2.05, 4.69) is 15.2 Å². The Bertz CT molecular complexity index is 513. The van der Waals surface area contributed by atoms with Gasteiger partial charge in [-0.05, 0) is 18.2 Å². The summed E-state index contributed by atoms with van der Waals surface area (Å²) in [4.78, 5) is 4.23. The number of methoxy groups -OCH3 is 2. The molecule has 0 unspecified atom stereocenters. The second kappa shape index (κ2) is 5.05. The van der Waals surface area contributed by atoms with Gasteiger partial charge in [-0.15, -0.1) is 11.6 Å². The van der Waals surface area contributed by atoms with Gasteiger partial charge in [0.2, 0.25) is 0 Å². The van der Waals surface area contributed by atoms with Gasteiger partial charge >= 0.3 is 0 Å². The van der Waals surface area contributed by atoms with E-state index in [0.717, 1.165) is 5.56 Å². The van der Waals surface area contributed by atoms with Gasteiger partial charge in [0.25, 0.3) is 0 Å². The highest BCUT2D eigenvalue weighted by Crippen LogP contribution is 2.30. The maximum Gasteiger partial charge on any atom is 0.181 e. The van der Waals surface area contributed by atoms with Crippen molar-refractivity contribution in [3.63, 3.8) is 0 Å². The van der Waals surface area contributed by atoms with Gasteiger partial charge in [0.15, 0.2) is 17.3 Å². The number of hydrogen-bond donors (Lipinski definition) is 1. The third kappa shape index (κ3) is 2.34. The van der Waals surface area contributed by atoms with Gasteiger partial charge in [0.1, 0.15) is 5.82 Å². The number of aromatic nitrogens is 3. The lowest BCUT2D eigenvalue weighted by Crippen LogP contribution is -1.91. The van der Waals surface area contributed by atoms with Crippen molar-refractivity contribution >= 4 is 11.6 Å². The fourth-order valence-corrected chi connectivity index (χ4v) is 1.58. The Hall–Kier alpha value is -1.75. The van der Waals surface area contributed by atoms with Crippen LogP contribution in [0, 0.1) is 0 Å². The number of hydrogen-bond acceptors (Lipinski definition) is 4. The number of alkyl halides is 1. The number of nitrogens with one attached hydrogen (secondary N) is 1. The maximum absolute atomic E-state index is 5.66. The number of nitrogens with zero attached hydrogens (tertiary/aromatic N) is 2. The molecular weight excluding hydrogens is 242 g/mol. The molecule has 17 heavy (non-hydrogen) atoms. The topological polar surface area (TPSA) is 60.0 Å². The van der Waals surface area contributed by atoms with E-state index >= 15 is 0 Å². The van der Waals surface area contributed by atoms with Crippen LogP contribution in [0.5, 0.6) is 11.5 Å². The van der Waals surface area contributed by atoms with Crippen LogP contribution in [-0.2, 0) is 5.88 Å². The minimum absolute atomic E-state index is 0.306. The Morgan fingerprint density at radius 3 is 2.59 bits per heavy atom. The first-order valence-electron chi connectivity index (χ1n) is 4.98. The standard InChI is InChI=1S/C11H12ClN3O2/c1-16-8-4-3-7(5-9(8)17-2)11-13-10(6-12)14-15-11/h3-5H,6H2,1-2H3,(H,13,14,15). The molecule has 0 saturated heterocycles. The van der Waals surface area contributed by atoms with Crippen molar-refractivity contribution in [2.75, 3.05) is 14.2 Å². The van der Waals surface area contributed by atoms with Gasteiger partial charge in [-0.1, -0.05) is 0 Å². The molecule has 5 nitrogen and oxygen atoms in total. The van der Waals surface area contributed by atoms with Crippen molar-refractivity contribution in [1.82, 2.24) is 15.2 Å². The first-order valence-corrected chi connectivity index (χ1v) is 5.51. The third-order valence-electron chi connectivity index (χ3n) is 2.30. The number of halogens is 1. The highest BCUT2D eigenvalue weighted by Gasteiger charge is 2.09. The monoisotopic (exact) mass is 253 g/mol. The average molecular weight is 254 g/mol. The highest BCUT2D eigenvalue weighted by atomic mass is 35.5. The number of ether oxygens (including phenoxy) is 2. The van der Waals surface area contributed by atoms with Crippen molar-refractivity contribution in [3.05, 3.63) is 24.0 Å². The Morgan fingerprint density at radius 2 is 2.00 bits per heavy atom. The molecule has 1 heterocycles. The van der Waals surface area contributed by atoms with Crippen LogP contribution >= 0.6 is 11.6 Å². The van der Waals surface area contributed by atoms with Crippen molar-refractivity contribution < 1.29 is 9.47 Å². The summed E-state index contributed by atoms with van der Waals surface area (Å²) in [5, 5.41) is 6.83. The molecule has 1 aromatic heterocycles. The molecule has 1 N–H and O–H groups in total. The quantitative estimate of drug-likeness (QED) is 0.849. The van der Waals surface area contributed by atoms with Gasteiger partial charge in [0, 0.05) is 5.56 Å². The Morgan fingerprint density at radius 1 is 1.24 bits per heavy atom. The minimum atomic E-state index is 0.306. The summed E-state index contributed by atoms with van der Waals surface area (Å²) in [5.74, 6) is 2.84. The van der Waals surface area contributed by atoms with Gasteiger partial charge in [-0.3, -0.25) is 5.10 Å². The summed E-state index contributed by atoms with van der Waals surface area (Å²) in [6, 6.07) is 5.49. The first kappa shape index (κ1) is 11.7. The number of rotatable bonds is 4. The normalized spacial score (nSPS) is 10.3. The van der Waals surface area contributed by atoms with Crippen LogP contribution in [0.1, 0.15) is 5.82 Å². The van der Waals surface area contributed by atoms with Crippen molar-refractivity contribution in [2.45, 2.75) is 5.88 Å². The van der Waals surface area contributed by atoms with E-state index in [9.17, 15) is 0 Å². The molecule has 0 aliphatic carbocycles. The summed E-state index contributed by atoms with van der Waals surface area (Å²) in [7, 11) is 3.18. The van der Waals surface area contributed by atoms with E-state index in [1.54, 1.807) is 14.2 Å². The lowest BCUT2D eigenvalue weighted by molar-refractivity contribution is 0.355. The van der Waals surface area contributed by atoms with Crippen LogP contribution in [0.3, 0.4) is 0 Å². The van der Waals surface area contributed by atoms with Crippen molar-refractivity contribution in [2.24, 2.45) is 0 Å². The Labute approximate surface area is 104 Å². The Balaban J connectivity index is 2.38. The molecule has 0 radical (unpaired) electrons. The number of aromatic amines is 1. The number of H-pyrrole nitrogens is 1. The molecule has 0 aliphatic rings. The molecule has 1 aromatic carbocycles. The molecule has 0 spiro atoms. The molecule has 0 amide bonds. The SMILES string of the molecule is COc1ccc(-c2n[nH]c(CCl)n2)cc1OC. The zero-order valence-electron chi connectivity index (χ0n) is 9.53. The summed E-state index contributed by atoms with van der Waals surface area (Å²) < 4.78 is 10.4. The predicted molar refractivity (Wildman–Crippen MR) is 64.5 cm³/mol. The lowest BCUT2D eigenvalue weighted by atomic mass is 10.2. The smallest absolute Gasteiger partial charge is 0.181 e. The van der Waals surface area contributed by atoms with Crippen LogP contribution in [0.25, 0.3) is 11.4 Å².